The van der Waals surface area contributed by atoms with E-state index in [9.17, 15) is 4.39 Å². The van der Waals surface area contributed by atoms with Gasteiger partial charge in [-0.2, -0.15) is 11.8 Å². The molecule has 1 nitrogen and oxygen atoms in total. The second-order valence-corrected chi connectivity index (χ2v) is 7.84. The Labute approximate surface area is 134 Å². The molecule has 1 aromatic rings. The molecule has 1 aliphatic carbocycles. The second-order valence-electron chi connectivity index (χ2n) is 5.72. The van der Waals surface area contributed by atoms with E-state index in [1.54, 1.807) is 6.07 Å². The molecule has 1 unspecified atom stereocenters. The van der Waals surface area contributed by atoms with Crippen LogP contribution in [-0.2, 0) is 0 Å². The largest absolute Gasteiger partial charge is 0.309 e. The van der Waals surface area contributed by atoms with E-state index < -0.39 is 0 Å². The summed E-state index contributed by atoms with van der Waals surface area (Å²) < 4.78 is 14.4. The van der Waals surface area contributed by atoms with Crippen molar-refractivity contribution >= 4 is 27.7 Å². The lowest BCUT2D eigenvalue weighted by Crippen LogP contribution is -2.40. The zero-order valence-corrected chi connectivity index (χ0v) is 14.6. The Morgan fingerprint density at radius 2 is 2.05 bits per heavy atom. The molecule has 1 aromatic carbocycles. The normalized spacial score (nSPS) is 19.8. The molecule has 1 fully saturated rings. The molecule has 0 saturated heterocycles. The average molecular weight is 360 g/mol. The Kier molecular flexibility index (Phi) is 5.94. The van der Waals surface area contributed by atoms with E-state index in [1.807, 2.05) is 17.8 Å². The van der Waals surface area contributed by atoms with Gasteiger partial charge in [-0.05, 0) is 43.7 Å². The van der Waals surface area contributed by atoms with Crippen molar-refractivity contribution in [1.29, 1.82) is 0 Å². The van der Waals surface area contributed by atoms with E-state index in [-0.39, 0.29) is 11.9 Å². The predicted octanol–water partition coefficient (Wildman–Crippen LogP) is 5.30. The number of hydrogen-bond donors (Lipinski definition) is 1. The standard InChI is InChI=1S/C16H23BrFNS/c1-12(14-7-6-13(18)10-15(14)17)19-11-16(20-2)8-4-3-5-9-16/h6-7,10,12,19H,3-5,8-9,11H2,1-2H3. The molecule has 0 bridgehead atoms. The van der Waals surface area contributed by atoms with Crippen LogP contribution in [0.4, 0.5) is 4.39 Å². The third-order valence-corrected chi connectivity index (χ3v) is 6.46. The van der Waals surface area contributed by atoms with Crippen LogP contribution < -0.4 is 5.32 Å². The van der Waals surface area contributed by atoms with E-state index in [1.165, 1.54) is 38.2 Å². The van der Waals surface area contributed by atoms with Crippen molar-refractivity contribution in [2.45, 2.75) is 49.8 Å². The van der Waals surface area contributed by atoms with Crippen molar-refractivity contribution in [1.82, 2.24) is 5.32 Å². The fraction of sp³-hybridized carbons (Fsp3) is 0.625. The van der Waals surface area contributed by atoms with E-state index in [0.717, 1.165) is 16.6 Å². The third-order valence-electron chi connectivity index (χ3n) is 4.36. The molecule has 20 heavy (non-hydrogen) atoms. The summed E-state index contributed by atoms with van der Waals surface area (Å²) in [6.45, 7) is 3.17. The van der Waals surface area contributed by atoms with Crippen LogP contribution in [0.25, 0.3) is 0 Å². The Morgan fingerprint density at radius 1 is 1.35 bits per heavy atom. The molecular weight excluding hydrogens is 337 g/mol. The zero-order chi connectivity index (χ0) is 14.6. The van der Waals surface area contributed by atoms with Crippen LogP contribution in [0.2, 0.25) is 0 Å². The number of hydrogen-bond acceptors (Lipinski definition) is 2. The highest BCUT2D eigenvalue weighted by Crippen LogP contribution is 2.38. The van der Waals surface area contributed by atoms with Gasteiger partial charge in [0.2, 0.25) is 0 Å². The first kappa shape index (κ1) is 16.3. The number of halogens is 2. The Balaban J connectivity index is 1.98. The van der Waals surface area contributed by atoms with E-state index in [0.29, 0.717) is 4.75 Å². The Morgan fingerprint density at radius 3 is 2.65 bits per heavy atom. The Hall–Kier alpha value is -0.0600. The van der Waals surface area contributed by atoms with Crippen LogP contribution in [0.3, 0.4) is 0 Å². The monoisotopic (exact) mass is 359 g/mol. The summed E-state index contributed by atoms with van der Waals surface area (Å²) in [7, 11) is 0. The number of benzene rings is 1. The van der Waals surface area contributed by atoms with Crippen LogP contribution in [0.15, 0.2) is 22.7 Å². The van der Waals surface area contributed by atoms with Crippen molar-refractivity contribution < 1.29 is 4.39 Å². The van der Waals surface area contributed by atoms with Gasteiger partial charge in [-0.1, -0.05) is 41.3 Å². The van der Waals surface area contributed by atoms with Gasteiger partial charge in [0.1, 0.15) is 5.82 Å². The molecule has 1 N–H and O–H groups in total. The van der Waals surface area contributed by atoms with Gasteiger partial charge in [0.15, 0.2) is 0 Å². The quantitative estimate of drug-likeness (QED) is 0.764. The maximum atomic E-state index is 13.1. The van der Waals surface area contributed by atoms with Gasteiger partial charge in [0.05, 0.1) is 0 Å². The molecule has 0 heterocycles. The molecule has 1 aliphatic rings. The summed E-state index contributed by atoms with van der Waals surface area (Å²) >= 11 is 5.46. The fourth-order valence-electron chi connectivity index (χ4n) is 2.95. The minimum absolute atomic E-state index is 0.194. The topological polar surface area (TPSA) is 12.0 Å². The van der Waals surface area contributed by atoms with Gasteiger partial charge < -0.3 is 5.32 Å². The fourth-order valence-corrected chi connectivity index (χ4v) is 4.57. The van der Waals surface area contributed by atoms with Crippen LogP contribution in [0.5, 0.6) is 0 Å². The third kappa shape index (κ3) is 3.99. The van der Waals surface area contributed by atoms with Gasteiger partial charge in [-0.25, -0.2) is 4.39 Å². The first-order valence-electron chi connectivity index (χ1n) is 7.30. The van der Waals surface area contributed by atoms with Crippen LogP contribution in [-0.4, -0.2) is 17.5 Å². The maximum absolute atomic E-state index is 13.1. The minimum atomic E-state index is -0.194. The molecule has 2 rings (SSSR count). The average Bonchev–Trinajstić information content (AvgIpc) is 2.46. The van der Waals surface area contributed by atoms with Gasteiger partial charge in [-0.15, -0.1) is 0 Å². The van der Waals surface area contributed by atoms with E-state index >= 15 is 0 Å². The molecular formula is C16H23BrFNS. The zero-order valence-electron chi connectivity index (χ0n) is 12.2. The first-order chi connectivity index (χ1) is 9.56. The highest BCUT2D eigenvalue weighted by Gasteiger charge is 2.31. The van der Waals surface area contributed by atoms with Crippen molar-refractivity contribution in [3.05, 3.63) is 34.1 Å². The van der Waals surface area contributed by atoms with Crippen LogP contribution in [0.1, 0.15) is 50.6 Å². The molecule has 0 radical (unpaired) electrons. The smallest absolute Gasteiger partial charge is 0.124 e. The lowest BCUT2D eigenvalue weighted by Gasteiger charge is -2.37. The maximum Gasteiger partial charge on any atom is 0.124 e. The van der Waals surface area contributed by atoms with Crippen molar-refractivity contribution in [2.75, 3.05) is 12.8 Å². The van der Waals surface area contributed by atoms with E-state index in [2.05, 4.69) is 34.4 Å². The summed E-state index contributed by atoms with van der Waals surface area (Å²) in [5, 5.41) is 3.65. The molecule has 0 aliphatic heterocycles. The summed E-state index contributed by atoms with van der Waals surface area (Å²) in [5.74, 6) is -0.194. The molecule has 112 valence electrons. The summed E-state index contributed by atoms with van der Waals surface area (Å²) in [4.78, 5) is 0. The van der Waals surface area contributed by atoms with Crippen LogP contribution in [0, 0.1) is 5.82 Å². The first-order valence-corrected chi connectivity index (χ1v) is 9.32. The summed E-state index contributed by atoms with van der Waals surface area (Å²) in [6, 6.07) is 5.17. The van der Waals surface area contributed by atoms with Crippen molar-refractivity contribution in [3.8, 4) is 0 Å². The highest BCUT2D eigenvalue weighted by molar-refractivity contribution is 9.10. The molecule has 4 heteroatoms. The number of thioether (sulfide) groups is 1. The lowest BCUT2D eigenvalue weighted by molar-refractivity contribution is 0.367. The molecule has 0 amide bonds. The Bertz CT molecular complexity index is 446. The minimum Gasteiger partial charge on any atom is -0.309 e. The van der Waals surface area contributed by atoms with Crippen molar-refractivity contribution in [3.63, 3.8) is 0 Å². The lowest BCUT2D eigenvalue weighted by atomic mass is 9.88. The molecule has 0 spiro atoms. The van der Waals surface area contributed by atoms with Gasteiger partial charge in [0.25, 0.3) is 0 Å². The second kappa shape index (κ2) is 7.28. The van der Waals surface area contributed by atoms with Crippen molar-refractivity contribution in [2.24, 2.45) is 0 Å². The predicted molar refractivity (Wildman–Crippen MR) is 89.8 cm³/mol. The van der Waals surface area contributed by atoms with Gasteiger partial charge >= 0.3 is 0 Å². The van der Waals surface area contributed by atoms with Crippen LogP contribution >= 0.6 is 27.7 Å². The number of rotatable bonds is 5. The molecule has 1 saturated carbocycles. The summed E-state index contributed by atoms with van der Waals surface area (Å²) in [6.07, 6.45) is 8.90. The highest BCUT2D eigenvalue weighted by atomic mass is 79.9. The molecule has 0 aromatic heterocycles. The van der Waals surface area contributed by atoms with E-state index in [4.69, 9.17) is 0 Å². The SMILES string of the molecule is CSC1(CNC(C)c2ccc(F)cc2Br)CCCCC1. The molecule has 1 atom stereocenters. The van der Waals surface area contributed by atoms with Gasteiger partial charge in [0, 0.05) is 21.8 Å². The summed E-state index contributed by atoms with van der Waals surface area (Å²) in [5.41, 5.74) is 1.12. The van der Waals surface area contributed by atoms with Gasteiger partial charge in [-0.3, -0.25) is 0 Å². The number of nitrogens with one attached hydrogen (secondary N) is 1.